The van der Waals surface area contributed by atoms with Gasteiger partial charge < -0.3 is 10.6 Å². The Morgan fingerprint density at radius 2 is 1.90 bits per heavy atom. The summed E-state index contributed by atoms with van der Waals surface area (Å²) in [6.07, 6.45) is 3.10. The molecule has 1 aromatic carbocycles. The molecule has 114 valence electrons. The average molecular weight is 325 g/mol. The SMILES string of the molecule is Cl.Nc1ncc(CN2CCCN(c3ccccc3)CC2)s1. The Bertz CT molecular complexity index is 546. The van der Waals surface area contributed by atoms with Crippen LogP contribution < -0.4 is 10.6 Å². The molecule has 2 aromatic rings. The van der Waals surface area contributed by atoms with E-state index in [0.29, 0.717) is 5.13 Å². The zero-order valence-corrected chi connectivity index (χ0v) is 13.6. The topological polar surface area (TPSA) is 45.4 Å². The van der Waals surface area contributed by atoms with Gasteiger partial charge in [-0.2, -0.15) is 0 Å². The monoisotopic (exact) mass is 324 g/mol. The summed E-state index contributed by atoms with van der Waals surface area (Å²) < 4.78 is 0. The van der Waals surface area contributed by atoms with Crippen molar-refractivity contribution in [3.05, 3.63) is 41.4 Å². The van der Waals surface area contributed by atoms with Gasteiger partial charge in [-0.15, -0.1) is 23.7 Å². The molecular weight excluding hydrogens is 304 g/mol. The maximum Gasteiger partial charge on any atom is 0.180 e. The van der Waals surface area contributed by atoms with Gasteiger partial charge in [-0.1, -0.05) is 18.2 Å². The van der Waals surface area contributed by atoms with Gasteiger partial charge in [0.2, 0.25) is 0 Å². The first kappa shape index (κ1) is 16.1. The summed E-state index contributed by atoms with van der Waals surface area (Å²) in [6, 6.07) is 10.7. The van der Waals surface area contributed by atoms with Gasteiger partial charge in [0, 0.05) is 49.5 Å². The summed E-state index contributed by atoms with van der Waals surface area (Å²) in [5.74, 6) is 0. The van der Waals surface area contributed by atoms with Gasteiger partial charge in [0.15, 0.2) is 5.13 Å². The summed E-state index contributed by atoms with van der Waals surface area (Å²) in [5.41, 5.74) is 7.02. The van der Waals surface area contributed by atoms with Crippen molar-refractivity contribution in [1.82, 2.24) is 9.88 Å². The van der Waals surface area contributed by atoms with E-state index in [4.69, 9.17) is 5.73 Å². The zero-order valence-electron chi connectivity index (χ0n) is 11.9. The Morgan fingerprint density at radius 3 is 2.62 bits per heavy atom. The first-order valence-electron chi connectivity index (χ1n) is 7.04. The van der Waals surface area contributed by atoms with E-state index in [2.05, 4.69) is 45.1 Å². The third-order valence-electron chi connectivity index (χ3n) is 3.66. The van der Waals surface area contributed by atoms with E-state index in [1.165, 1.54) is 17.0 Å². The summed E-state index contributed by atoms with van der Waals surface area (Å²) >= 11 is 1.60. The number of nitrogens with two attached hydrogens (primary N) is 1. The highest BCUT2D eigenvalue weighted by atomic mass is 35.5. The fourth-order valence-corrected chi connectivity index (χ4v) is 3.37. The molecule has 3 rings (SSSR count). The number of nitrogens with zero attached hydrogens (tertiary/aromatic N) is 3. The molecule has 0 amide bonds. The van der Waals surface area contributed by atoms with Crippen molar-refractivity contribution < 1.29 is 0 Å². The first-order valence-corrected chi connectivity index (χ1v) is 7.85. The fraction of sp³-hybridized carbons (Fsp3) is 0.400. The molecule has 0 bridgehead atoms. The van der Waals surface area contributed by atoms with Crippen LogP contribution in [0.4, 0.5) is 10.8 Å². The van der Waals surface area contributed by atoms with Crippen molar-refractivity contribution in [3.8, 4) is 0 Å². The average Bonchev–Trinajstić information content (AvgIpc) is 2.74. The molecule has 1 fully saturated rings. The molecule has 21 heavy (non-hydrogen) atoms. The summed E-state index contributed by atoms with van der Waals surface area (Å²) in [7, 11) is 0. The number of rotatable bonds is 3. The van der Waals surface area contributed by atoms with Gasteiger partial charge in [-0.3, -0.25) is 4.90 Å². The Morgan fingerprint density at radius 1 is 1.10 bits per heavy atom. The summed E-state index contributed by atoms with van der Waals surface area (Å²) in [6.45, 7) is 5.41. The lowest BCUT2D eigenvalue weighted by Crippen LogP contribution is -2.30. The number of thiazole rings is 1. The quantitative estimate of drug-likeness (QED) is 0.943. The standard InChI is InChI=1S/C15H20N4S.ClH/c16-15-17-11-14(20-15)12-18-7-4-8-19(10-9-18)13-5-2-1-3-6-13;/h1-3,5-6,11H,4,7-10,12H2,(H2,16,17);1H. The second-order valence-electron chi connectivity index (χ2n) is 5.12. The van der Waals surface area contributed by atoms with Crippen molar-refractivity contribution in [2.45, 2.75) is 13.0 Å². The molecular formula is C15H21ClN4S. The van der Waals surface area contributed by atoms with Crippen LogP contribution in [0.25, 0.3) is 0 Å². The minimum Gasteiger partial charge on any atom is -0.375 e. The molecule has 1 aliphatic rings. The van der Waals surface area contributed by atoms with Gasteiger partial charge in [-0.05, 0) is 18.6 Å². The van der Waals surface area contributed by atoms with Crippen LogP contribution in [0.2, 0.25) is 0 Å². The lowest BCUT2D eigenvalue weighted by atomic mass is 10.3. The van der Waals surface area contributed by atoms with Gasteiger partial charge in [0.25, 0.3) is 0 Å². The second-order valence-corrected chi connectivity index (χ2v) is 6.26. The minimum atomic E-state index is 0. The van der Waals surface area contributed by atoms with Crippen LogP contribution in [0.15, 0.2) is 36.5 Å². The maximum atomic E-state index is 5.69. The smallest absolute Gasteiger partial charge is 0.180 e. The molecule has 0 aliphatic carbocycles. The number of anilines is 2. The number of benzene rings is 1. The summed E-state index contributed by atoms with van der Waals surface area (Å²) in [5, 5.41) is 0.667. The third kappa shape index (κ3) is 4.33. The van der Waals surface area contributed by atoms with E-state index in [1.807, 2.05) is 6.20 Å². The van der Waals surface area contributed by atoms with Crippen LogP contribution in [0, 0.1) is 0 Å². The number of para-hydroxylation sites is 1. The van der Waals surface area contributed by atoms with Crippen molar-refractivity contribution in [2.75, 3.05) is 36.8 Å². The highest BCUT2D eigenvalue weighted by molar-refractivity contribution is 7.15. The van der Waals surface area contributed by atoms with Gasteiger partial charge in [0.05, 0.1) is 0 Å². The van der Waals surface area contributed by atoms with E-state index in [-0.39, 0.29) is 12.4 Å². The molecule has 0 spiro atoms. The van der Waals surface area contributed by atoms with Crippen LogP contribution in [-0.2, 0) is 6.54 Å². The van der Waals surface area contributed by atoms with Crippen LogP contribution in [0.3, 0.4) is 0 Å². The molecule has 0 saturated carbocycles. The Labute approximate surface area is 136 Å². The van der Waals surface area contributed by atoms with Gasteiger partial charge >= 0.3 is 0 Å². The van der Waals surface area contributed by atoms with E-state index >= 15 is 0 Å². The molecule has 2 heterocycles. The van der Waals surface area contributed by atoms with Gasteiger partial charge in [0.1, 0.15) is 0 Å². The van der Waals surface area contributed by atoms with E-state index in [0.717, 1.165) is 32.7 Å². The third-order valence-corrected chi connectivity index (χ3v) is 4.47. The van der Waals surface area contributed by atoms with Crippen molar-refractivity contribution in [3.63, 3.8) is 0 Å². The normalized spacial score (nSPS) is 16.3. The van der Waals surface area contributed by atoms with Crippen molar-refractivity contribution >= 4 is 34.6 Å². The lowest BCUT2D eigenvalue weighted by molar-refractivity contribution is 0.288. The molecule has 1 aromatic heterocycles. The highest BCUT2D eigenvalue weighted by Gasteiger charge is 2.15. The van der Waals surface area contributed by atoms with Crippen LogP contribution in [0.1, 0.15) is 11.3 Å². The summed E-state index contributed by atoms with van der Waals surface area (Å²) in [4.78, 5) is 10.4. The van der Waals surface area contributed by atoms with Crippen molar-refractivity contribution in [2.24, 2.45) is 0 Å². The minimum absolute atomic E-state index is 0. The number of aromatic nitrogens is 1. The molecule has 1 saturated heterocycles. The van der Waals surface area contributed by atoms with Crippen LogP contribution in [-0.4, -0.2) is 36.1 Å². The van der Waals surface area contributed by atoms with Crippen molar-refractivity contribution in [1.29, 1.82) is 0 Å². The Kier molecular flexibility index (Phi) is 5.85. The predicted octanol–water partition coefficient (Wildman–Crippen LogP) is 2.86. The fourth-order valence-electron chi connectivity index (χ4n) is 2.64. The molecule has 0 radical (unpaired) electrons. The molecule has 0 unspecified atom stereocenters. The molecule has 1 aliphatic heterocycles. The second kappa shape index (κ2) is 7.64. The lowest BCUT2D eigenvalue weighted by Gasteiger charge is -2.23. The molecule has 0 atom stereocenters. The Balaban J connectivity index is 0.00000161. The number of hydrogen-bond donors (Lipinski definition) is 1. The van der Waals surface area contributed by atoms with Crippen LogP contribution in [0.5, 0.6) is 0 Å². The number of hydrogen-bond acceptors (Lipinski definition) is 5. The number of nitrogen functional groups attached to an aromatic ring is 1. The number of halogens is 1. The highest BCUT2D eigenvalue weighted by Crippen LogP contribution is 2.19. The first-order chi connectivity index (χ1) is 9.81. The Hall–Kier alpha value is -1.30. The van der Waals surface area contributed by atoms with Gasteiger partial charge in [-0.25, -0.2) is 4.98 Å². The molecule has 6 heteroatoms. The zero-order chi connectivity index (χ0) is 13.8. The maximum absolute atomic E-state index is 5.69. The van der Waals surface area contributed by atoms with E-state index in [9.17, 15) is 0 Å². The largest absolute Gasteiger partial charge is 0.375 e. The van der Waals surface area contributed by atoms with E-state index < -0.39 is 0 Å². The van der Waals surface area contributed by atoms with Crippen LogP contribution >= 0.6 is 23.7 Å². The predicted molar refractivity (Wildman–Crippen MR) is 92.3 cm³/mol. The van der Waals surface area contributed by atoms with E-state index in [1.54, 1.807) is 11.3 Å². The molecule has 2 N–H and O–H groups in total. The molecule has 4 nitrogen and oxygen atoms in total.